The van der Waals surface area contributed by atoms with Gasteiger partial charge in [-0.25, -0.2) is 4.79 Å². The normalized spacial score (nSPS) is 12.6. The summed E-state index contributed by atoms with van der Waals surface area (Å²) in [5.41, 5.74) is 0. The van der Waals surface area contributed by atoms with Crippen molar-refractivity contribution < 1.29 is 9.53 Å². The predicted molar refractivity (Wildman–Crippen MR) is 57.3 cm³/mol. The molecule has 2 amide bonds. The molecule has 0 aromatic heterocycles. The van der Waals surface area contributed by atoms with Gasteiger partial charge in [-0.3, -0.25) is 0 Å². The fourth-order valence-electron chi connectivity index (χ4n) is 0.958. The standard InChI is InChI=1S/C10H22N2O2/c1-5-11-10(13)12-9(4)7-14-6-8(2)3/h8-9H,5-7H2,1-4H3,(H2,11,12,13). The first-order valence-corrected chi connectivity index (χ1v) is 5.18. The summed E-state index contributed by atoms with van der Waals surface area (Å²) in [5, 5.41) is 5.45. The molecule has 1 unspecified atom stereocenters. The van der Waals surface area contributed by atoms with E-state index in [0.717, 1.165) is 6.61 Å². The molecule has 0 aliphatic carbocycles. The Kier molecular flexibility index (Phi) is 7.20. The van der Waals surface area contributed by atoms with Gasteiger partial charge in [0.15, 0.2) is 0 Å². The number of carbonyl (C=O) groups excluding carboxylic acids is 1. The van der Waals surface area contributed by atoms with Crippen LogP contribution in [0.5, 0.6) is 0 Å². The highest BCUT2D eigenvalue weighted by Crippen LogP contribution is 1.93. The molecule has 0 saturated heterocycles. The number of hydrogen-bond donors (Lipinski definition) is 2. The molecule has 0 aromatic carbocycles. The lowest BCUT2D eigenvalue weighted by molar-refractivity contribution is 0.0954. The zero-order valence-electron chi connectivity index (χ0n) is 9.59. The van der Waals surface area contributed by atoms with Crippen molar-refractivity contribution in [2.75, 3.05) is 19.8 Å². The summed E-state index contributed by atoms with van der Waals surface area (Å²) >= 11 is 0. The Bertz CT molecular complexity index is 160. The van der Waals surface area contributed by atoms with Crippen LogP contribution >= 0.6 is 0 Å². The molecule has 14 heavy (non-hydrogen) atoms. The van der Waals surface area contributed by atoms with Crippen molar-refractivity contribution in [2.45, 2.75) is 33.7 Å². The summed E-state index contributed by atoms with van der Waals surface area (Å²) in [6.07, 6.45) is 0. The van der Waals surface area contributed by atoms with Gasteiger partial charge in [0.1, 0.15) is 0 Å². The smallest absolute Gasteiger partial charge is 0.315 e. The lowest BCUT2D eigenvalue weighted by Gasteiger charge is -2.15. The molecule has 0 rings (SSSR count). The Balaban J connectivity index is 3.44. The molecule has 1 atom stereocenters. The number of amides is 2. The third kappa shape index (κ3) is 7.86. The van der Waals surface area contributed by atoms with Crippen LogP contribution in [0.3, 0.4) is 0 Å². The van der Waals surface area contributed by atoms with Crippen molar-refractivity contribution in [1.82, 2.24) is 10.6 Å². The Morgan fingerprint density at radius 1 is 1.29 bits per heavy atom. The van der Waals surface area contributed by atoms with Crippen LogP contribution in [-0.2, 0) is 4.74 Å². The second-order valence-electron chi connectivity index (χ2n) is 3.84. The number of urea groups is 1. The first kappa shape index (κ1) is 13.2. The number of nitrogens with one attached hydrogen (secondary N) is 2. The minimum atomic E-state index is -0.131. The van der Waals surface area contributed by atoms with E-state index in [1.165, 1.54) is 0 Å². The van der Waals surface area contributed by atoms with Gasteiger partial charge in [-0.15, -0.1) is 0 Å². The highest BCUT2D eigenvalue weighted by atomic mass is 16.5. The number of carbonyl (C=O) groups is 1. The van der Waals surface area contributed by atoms with Gasteiger partial charge in [-0.2, -0.15) is 0 Å². The van der Waals surface area contributed by atoms with Gasteiger partial charge in [0.05, 0.1) is 12.6 Å². The second kappa shape index (κ2) is 7.62. The summed E-state index contributed by atoms with van der Waals surface area (Å²) in [6, 6.07) is -0.0755. The summed E-state index contributed by atoms with van der Waals surface area (Å²) in [7, 11) is 0. The van der Waals surface area contributed by atoms with Gasteiger partial charge < -0.3 is 15.4 Å². The molecule has 4 heteroatoms. The van der Waals surface area contributed by atoms with Crippen molar-refractivity contribution in [1.29, 1.82) is 0 Å². The Morgan fingerprint density at radius 3 is 2.43 bits per heavy atom. The van der Waals surface area contributed by atoms with E-state index in [0.29, 0.717) is 19.1 Å². The Hall–Kier alpha value is -0.770. The highest BCUT2D eigenvalue weighted by molar-refractivity contribution is 5.74. The summed E-state index contributed by atoms with van der Waals surface area (Å²) in [4.78, 5) is 11.1. The molecule has 0 heterocycles. The van der Waals surface area contributed by atoms with Gasteiger partial charge in [-0.1, -0.05) is 13.8 Å². The monoisotopic (exact) mass is 202 g/mol. The predicted octanol–water partition coefficient (Wildman–Crippen LogP) is 1.37. The van der Waals surface area contributed by atoms with Gasteiger partial charge in [0.25, 0.3) is 0 Å². The average Bonchev–Trinajstić information content (AvgIpc) is 2.03. The first-order chi connectivity index (χ1) is 6.56. The van der Waals surface area contributed by atoms with E-state index < -0.39 is 0 Å². The minimum Gasteiger partial charge on any atom is -0.379 e. The Morgan fingerprint density at radius 2 is 1.93 bits per heavy atom. The lowest BCUT2D eigenvalue weighted by Crippen LogP contribution is -2.42. The molecule has 0 fully saturated rings. The summed E-state index contributed by atoms with van der Waals surface area (Å²) < 4.78 is 5.39. The van der Waals surface area contributed by atoms with E-state index in [1.807, 2.05) is 13.8 Å². The quantitative estimate of drug-likeness (QED) is 0.683. The molecule has 0 bridgehead atoms. The van der Waals surface area contributed by atoms with Crippen molar-refractivity contribution in [3.05, 3.63) is 0 Å². The Labute approximate surface area is 86.4 Å². The van der Waals surface area contributed by atoms with Crippen LogP contribution in [-0.4, -0.2) is 31.8 Å². The highest BCUT2D eigenvalue weighted by Gasteiger charge is 2.05. The minimum absolute atomic E-state index is 0.0558. The van der Waals surface area contributed by atoms with Crippen molar-refractivity contribution in [3.63, 3.8) is 0 Å². The number of ether oxygens (including phenoxy) is 1. The van der Waals surface area contributed by atoms with E-state index in [9.17, 15) is 4.79 Å². The molecule has 84 valence electrons. The van der Waals surface area contributed by atoms with Gasteiger partial charge >= 0.3 is 6.03 Å². The molecule has 0 aromatic rings. The van der Waals surface area contributed by atoms with E-state index >= 15 is 0 Å². The third-order valence-corrected chi connectivity index (χ3v) is 1.53. The summed E-state index contributed by atoms with van der Waals surface area (Å²) in [5.74, 6) is 0.534. The molecule has 0 aliphatic heterocycles. The molecule has 2 N–H and O–H groups in total. The zero-order valence-corrected chi connectivity index (χ0v) is 9.59. The van der Waals surface area contributed by atoms with Gasteiger partial charge in [0, 0.05) is 13.2 Å². The van der Waals surface area contributed by atoms with Gasteiger partial charge in [-0.05, 0) is 19.8 Å². The molecular weight excluding hydrogens is 180 g/mol. The summed E-state index contributed by atoms with van der Waals surface area (Å²) in [6.45, 7) is 9.96. The van der Waals surface area contributed by atoms with Crippen molar-refractivity contribution >= 4 is 6.03 Å². The van der Waals surface area contributed by atoms with Crippen LogP contribution in [0.25, 0.3) is 0 Å². The van der Waals surface area contributed by atoms with Crippen LogP contribution in [0.2, 0.25) is 0 Å². The maximum atomic E-state index is 11.1. The SMILES string of the molecule is CCNC(=O)NC(C)COCC(C)C. The third-order valence-electron chi connectivity index (χ3n) is 1.53. The second-order valence-corrected chi connectivity index (χ2v) is 3.84. The van der Waals surface area contributed by atoms with Crippen LogP contribution in [0.1, 0.15) is 27.7 Å². The van der Waals surface area contributed by atoms with Crippen LogP contribution < -0.4 is 10.6 Å². The zero-order chi connectivity index (χ0) is 11.0. The number of hydrogen-bond acceptors (Lipinski definition) is 2. The molecule has 0 radical (unpaired) electrons. The van der Waals surface area contributed by atoms with Crippen molar-refractivity contribution in [3.8, 4) is 0 Å². The number of rotatable bonds is 6. The van der Waals surface area contributed by atoms with E-state index in [1.54, 1.807) is 0 Å². The average molecular weight is 202 g/mol. The maximum Gasteiger partial charge on any atom is 0.315 e. The first-order valence-electron chi connectivity index (χ1n) is 5.18. The molecular formula is C10H22N2O2. The molecule has 0 spiro atoms. The lowest BCUT2D eigenvalue weighted by atomic mass is 10.2. The van der Waals surface area contributed by atoms with E-state index in [4.69, 9.17) is 4.74 Å². The van der Waals surface area contributed by atoms with Crippen LogP contribution in [0.15, 0.2) is 0 Å². The van der Waals surface area contributed by atoms with Crippen LogP contribution in [0.4, 0.5) is 4.79 Å². The van der Waals surface area contributed by atoms with E-state index in [2.05, 4.69) is 24.5 Å². The fourth-order valence-corrected chi connectivity index (χ4v) is 0.958. The van der Waals surface area contributed by atoms with E-state index in [-0.39, 0.29) is 12.1 Å². The largest absolute Gasteiger partial charge is 0.379 e. The van der Waals surface area contributed by atoms with Crippen molar-refractivity contribution in [2.24, 2.45) is 5.92 Å². The fraction of sp³-hybridized carbons (Fsp3) is 0.900. The van der Waals surface area contributed by atoms with Crippen LogP contribution in [0, 0.1) is 5.92 Å². The molecule has 4 nitrogen and oxygen atoms in total. The molecule has 0 aliphatic rings. The van der Waals surface area contributed by atoms with Gasteiger partial charge in [0.2, 0.25) is 0 Å². The maximum absolute atomic E-state index is 11.1. The molecule has 0 saturated carbocycles. The topological polar surface area (TPSA) is 50.4 Å².